The van der Waals surface area contributed by atoms with E-state index >= 15 is 0 Å². The number of nitrogens with zero attached hydrogens (tertiary/aromatic N) is 1. The van der Waals surface area contributed by atoms with E-state index in [4.69, 9.17) is 5.14 Å². The van der Waals surface area contributed by atoms with E-state index in [1.54, 1.807) is 6.07 Å². The lowest BCUT2D eigenvalue weighted by Crippen LogP contribution is -2.24. The predicted molar refractivity (Wildman–Crippen MR) is 73.2 cm³/mol. The number of primary sulfonamides is 1. The lowest BCUT2D eigenvalue weighted by Gasteiger charge is -2.06. The number of nitrogens with one attached hydrogen (secondary N) is 1. The minimum Gasteiger partial charge on any atom is -0.347 e. The number of amides is 1. The Labute approximate surface area is 120 Å². The van der Waals surface area contributed by atoms with E-state index in [0.29, 0.717) is 5.56 Å². The molecule has 6 nitrogen and oxygen atoms in total. The third-order valence-corrected chi connectivity index (χ3v) is 3.55. The molecule has 1 heterocycles. The Balaban J connectivity index is 2.06. The first-order chi connectivity index (χ1) is 9.86. The minimum absolute atomic E-state index is 0.0332. The fourth-order valence-corrected chi connectivity index (χ4v) is 2.20. The highest BCUT2D eigenvalue weighted by molar-refractivity contribution is 7.89. The number of carbonyl (C=O) groups is 1. The first-order valence-electron chi connectivity index (χ1n) is 5.88. The van der Waals surface area contributed by atoms with Gasteiger partial charge in [0.05, 0.1) is 11.1 Å². The first-order valence-corrected chi connectivity index (χ1v) is 7.42. The van der Waals surface area contributed by atoms with Crippen LogP contribution in [0.15, 0.2) is 47.5 Å². The van der Waals surface area contributed by atoms with Gasteiger partial charge >= 0.3 is 0 Å². The largest absolute Gasteiger partial charge is 0.347 e. The Bertz CT molecular complexity index is 760. The van der Waals surface area contributed by atoms with Crippen LogP contribution < -0.4 is 10.5 Å². The predicted octanol–water partition coefficient (Wildman–Crippen LogP) is 0.798. The number of benzene rings is 1. The van der Waals surface area contributed by atoms with Crippen molar-refractivity contribution in [2.24, 2.45) is 5.14 Å². The number of pyridine rings is 1. The van der Waals surface area contributed by atoms with E-state index in [2.05, 4.69) is 10.3 Å². The second-order valence-electron chi connectivity index (χ2n) is 4.24. The molecular formula is C13H12FN3O3S. The summed E-state index contributed by atoms with van der Waals surface area (Å²) in [6, 6.07) is 8.29. The van der Waals surface area contributed by atoms with E-state index in [-0.39, 0.29) is 17.1 Å². The molecule has 110 valence electrons. The Hall–Kier alpha value is -2.32. The number of carbonyl (C=O) groups excluding carboxylic acids is 1. The third-order valence-electron chi connectivity index (χ3n) is 2.64. The van der Waals surface area contributed by atoms with E-state index < -0.39 is 21.7 Å². The van der Waals surface area contributed by atoms with Crippen molar-refractivity contribution in [3.8, 4) is 0 Å². The van der Waals surface area contributed by atoms with Crippen molar-refractivity contribution in [3.63, 3.8) is 0 Å². The summed E-state index contributed by atoms with van der Waals surface area (Å²) in [5, 5.41) is 7.58. The monoisotopic (exact) mass is 309 g/mol. The second kappa shape index (κ2) is 5.98. The fraction of sp³-hybridized carbons (Fsp3) is 0.0769. The normalized spacial score (nSPS) is 11.1. The maximum absolute atomic E-state index is 12.7. The molecule has 0 saturated heterocycles. The van der Waals surface area contributed by atoms with Crippen LogP contribution in [0, 0.1) is 5.82 Å². The highest BCUT2D eigenvalue weighted by atomic mass is 32.2. The molecule has 2 aromatic rings. The van der Waals surface area contributed by atoms with Crippen LogP contribution in [0.3, 0.4) is 0 Å². The van der Waals surface area contributed by atoms with Gasteiger partial charge in [0.1, 0.15) is 11.5 Å². The third kappa shape index (κ3) is 4.07. The number of hydrogen-bond donors (Lipinski definition) is 2. The second-order valence-corrected chi connectivity index (χ2v) is 5.80. The van der Waals surface area contributed by atoms with Gasteiger partial charge in [-0.15, -0.1) is 0 Å². The molecule has 0 bridgehead atoms. The highest BCUT2D eigenvalue weighted by Gasteiger charge is 2.10. The minimum atomic E-state index is -3.79. The Morgan fingerprint density at radius 1 is 1.29 bits per heavy atom. The number of rotatable bonds is 4. The molecule has 0 aliphatic rings. The topological polar surface area (TPSA) is 102 Å². The maximum atomic E-state index is 12.7. The molecule has 0 aliphatic heterocycles. The van der Waals surface area contributed by atoms with Crippen molar-refractivity contribution in [2.75, 3.05) is 0 Å². The molecule has 1 aromatic carbocycles. The molecule has 0 radical (unpaired) electrons. The quantitative estimate of drug-likeness (QED) is 0.872. The van der Waals surface area contributed by atoms with Crippen molar-refractivity contribution in [3.05, 3.63) is 59.7 Å². The molecule has 0 unspecified atom stereocenters. The standard InChI is InChI=1S/C13H12FN3O3S/c14-10-4-5-12(16-8-10)13(18)17-7-9-2-1-3-11(6-9)21(15,19)20/h1-6,8H,7H2,(H,17,18)(H2,15,19,20). The van der Waals surface area contributed by atoms with E-state index in [9.17, 15) is 17.6 Å². The smallest absolute Gasteiger partial charge is 0.270 e. The summed E-state index contributed by atoms with van der Waals surface area (Å²) in [4.78, 5) is 15.4. The summed E-state index contributed by atoms with van der Waals surface area (Å²) in [6.07, 6.45) is 0.941. The van der Waals surface area contributed by atoms with Gasteiger partial charge in [0.15, 0.2) is 0 Å². The van der Waals surface area contributed by atoms with Crippen LogP contribution in [0.4, 0.5) is 4.39 Å². The van der Waals surface area contributed by atoms with Crippen LogP contribution in [0.1, 0.15) is 16.1 Å². The van der Waals surface area contributed by atoms with Crippen LogP contribution in [0.2, 0.25) is 0 Å². The van der Waals surface area contributed by atoms with Crippen molar-refractivity contribution >= 4 is 15.9 Å². The molecule has 0 fully saturated rings. The fourth-order valence-electron chi connectivity index (χ4n) is 1.62. The van der Waals surface area contributed by atoms with Gasteiger partial charge in [-0.1, -0.05) is 12.1 Å². The van der Waals surface area contributed by atoms with Gasteiger partial charge in [0.25, 0.3) is 5.91 Å². The van der Waals surface area contributed by atoms with Crippen molar-refractivity contribution in [2.45, 2.75) is 11.4 Å². The van der Waals surface area contributed by atoms with Gasteiger partial charge in [0, 0.05) is 6.54 Å². The van der Waals surface area contributed by atoms with Crippen LogP contribution in [0.25, 0.3) is 0 Å². The van der Waals surface area contributed by atoms with Crippen LogP contribution >= 0.6 is 0 Å². The van der Waals surface area contributed by atoms with Crippen LogP contribution in [-0.2, 0) is 16.6 Å². The maximum Gasteiger partial charge on any atom is 0.270 e. The Morgan fingerprint density at radius 3 is 2.67 bits per heavy atom. The summed E-state index contributed by atoms with van der Waals surface area (Å²) < 4.78 is 35.1. The zero-order chi connectivity index (χ0) is 15.5. The number of aromatic nitrogens is 1. The average molecular weight is 309 g/mol. The summed E-state index contributed by atoms with van der Waals surface area (Å²) >= 11 is 0. The number of nitrogens with two attached hydrogens (primary N) is 1. The number of halogens is 1. The molecule has 2 rings (SSSR count). The zero-order valence-electron chi connectivity index (χ0n) is 10.8. The van der Waals surface area contributed by atoms with E-state index in [1.165, 1.54) is 24.3 Å². The molecule has 21 heavy (non-hydrogen) atoms. The zero-order valence-corrected chi connectivity index (χ0v) is 11.6. The first kappa shape index (κ1) is 15.1. The van der Waals surface area contributed by atoms with Crippen LogP contribution in [0.5, 0.6) is 0 Å². The number of sulfonamides is 1. The van der Waals surface area contributed by atoms with Crippen molar-refractivity contribution < 1.29 is 17.6 Å². The van der Waals surface area contributed by atoms with Gasteiger partial charge < -0.3 is 5.32 Å². The molecular weight excluding hydrogens is 297 g/mol. The molecule has 0 spiro atoms. The summed E-state index contributed by atoms with van der Waals surface area (Å²) in [5.74, 6) is -1.02. The van der Waals surface area contributed by atoms with Gasteiger partial charge in [-0.3, -0.25) is 4.79 Å². The van der Waals surface area contributed by atoms with Crippen LogP contribution in [-0.4, -0.2) is 19.3 Å². The lowest BCUT2D eigenvalue weighted by atomic mass is 10.2. The average Bonchev–Trinajstić information content (AvgIpc) is 2.45. The summed E-state index contributed by atoms with van der Waals surface area (Å²) in [5.41, 5.74) is 0.635. The SMILES string of the molecule is NS(=O)(=O)c1cccc(CNC(=O)c2ccc(F)cn2)c1. The van der Waals surface area contributed by atoms with Crippen molar-refractivity contribution in [1.82, 2.24) is 10.3 Å². The molecule has 1 aromatic heterocycles. The lowest BCUT2D eigenvalue weighted by molar-refractivity contribution is 0.0946. The van der Waals surface area contributed by atoms with Gasteiger partial charge in [-0.25, -0.2) is 22.9 Å². The highest BCUT2D eigenvalue weighted by Crippen LogP contribution is 2.09. The summed E-state index contributed by atoms with van der Waals surface area (Å²) in [6.45, 7) is 0.0985. The molecule has 0 atom stereocenters. The number of hydrogen-bond acceptors (Lipinski definition) is 4. The van der Waals surface area contributed by atoms with Gasteiger partial charge in [-0.2, -0.15) is 0 Å². The molecule has 1 amide bonds. The molecule has 8 heteroatoms. The van der Waals surface area contributed by atoms with E-state index in [0.717, 1.165) is 12.3 Å². The van der Waals surface area contributed by atoms with Gasteiger partial charge in [0.2, 0.25) is 10.0 Å². The van der Waals surface area contributed by atoms with Gasteiger partial charge in [-0.05, 0) is 29.8 Å². The molecule has 0 aliphatic carbocycles. The Kier molecular flexibility index (Phi) is 4.29. The van der Waals surface area contributed by atoms with E-state index in [1.807, 2.05) is 0 Å². The Morgan fingerprint density at radius 2 is 2.05 bits per heavy atom. The van der Waals surface area contributed by atoms with Crippen molar-refractivity contribution in [1.29, 1.82) is 0 Å². The molecule has 3 N–H and O–H groups in total. The molecule has 0 saturated carbocycles. The summed E-state index contributed by atoms with van der Waals surface area (Å²) in [7, 11) is -3.79.